The molecule has 48 valence electrons. The van der Waals surface area contributed by atoms with Gasteiger partial charge in [0.1, 0.15) is 0 Å². The van der Waals surface area contributed by atoms with E-state index in [9.17, 15) is 0 Å². The fourth-order valence-electron chi connectivity index (χ4n) is 0. The second-order valence-electron chi connectivity index (χ2n) is 0.624. The van der Waals surface area contributed by atoms with Crippen molar-refractivity contribution in [3.05, 3.63) is 0 Å². The Morgan fingerprint density at radius 2 is 1.67 bits per heavy atom. The monoisotopic (exact) mass is 172 g/mol. The van der Waals surface area contributed by atoms with Gasteiger partial charge in [-0.05, 0) is 0 Å². The molecule has 0 unspecified atom stereocenters. The zero-order valence-electron chi connectivity index (χ0n) is 8.50. The standard InChI is InChI=1S/C2H4O2.CH2O2.Ca.Na.3H/c1-2(3)4;2-1-3;;;;;/h1H3,(H,3,4);1H,(H,2,3);;;;;/q;;+2;+1;3*-1. The molecule has 6 heteroatoms. The zero-order chi connectivity index (χ0) is 6.28. The Bertz CT molecular complexity index is 72.6. The van der Waals surface area contributed by atoms with E-state index in [-0.39, 0.29) is 78.0 Å². The van der Waals surface area contributed by atoms with Crippen molar-refractivity contribution in [2.45, 2.75) is 6.92 Å². The molecular formula is C3H9CaNaO4. The summed E-state index contributed by atoms with van der Waals surface area (Å²) in [7, 11) is 0. The molecule has 0 aromatic rings. The second-order valence-corrected chi connectivity index (χ2v) is 0.624. The molecule has 0 radical (unpaired) electrons. The van der Waals surface area contributed by atoms with Crippen molar-refractivity contribution < 1.29 is 53.6 Å². The molecule has 4 nitrogen and oxygen atoms in total. The first-order valence-electron chi connectivity index (χ1n) is 1.42. The van der Waals surface area contributed by atoms with Crippen LogP contribution in [0.1, 0.15) is 11.2 Å². The predicted molar refractivity (Wildman–Crippen MR) is 31.1 cm³/mol. The van der Waals surface area contributed by atoms with Gasteiger partial charge in [0.25, 0.3) is 12.4 Å². The molecule has 0 saturated carbocycles. The largest absolute Gasteiger partial charge is 2.00 e. The van der Waals surface area contributed by atoms with E-state index in [0.29, 0.717) is 0 Å². The van der Waals surface area contributed by atoms with Crippen LogP contribution in [0.5, 0.6) is 0 Å². The van der Waals surface area contributed by atoms with Crippen LogP contribution in [0.2, 0.25) is 0 Å². The molecule has 0 fully saturated rings. The molecule has 0 spiro atoms. The molecule has 0 aromatic heterocycles. The molecule has 0 aliphatic rings. The quantitative estimate of drug-likeness (QED) is 0.297. The average molecular weight is 172 g/mol. The fourth-order valence-corrected chi connectivity index (χ4v) is 0. The summed E-state index contributed by atoms with van der Waals surface area (Å²) in [6.07, 6.45) is 0. The SMILES string of the molecule is CC(=O)O.O=CO.[Ca+2].[H-].[H-].[H-].[Na+]. The molecule has 2 N–H and O–H groups in total. The van der Waals surface area contributed by atoms with E-state index in [4.69, 9.17) is 19.8 Å². The van der Waals surface area contributed by atoms with Gasteiger partial charge >= 0.3 is 67.3 Å². The van der Waals surface area contributed by atoms with Gasteiger partial charge in [-0.15, -0.1) is 0 Å². The van der Waals surface area contributed by atoms with Crippen LogP contribution >= 0.6 is 0 Å². The topological polar surface area (TPSA) is 74.6 Å². The summed E-state index contributed by atoms with van der Waals surface area (Å²) in [6, 6.07) is 0. The Hall–Kier alpha value is 1.20. The van der Waals surface area contributed by atoms with Crippen molar-refractivity contribution in [2.24, 2.45) is 0 Å². The first-order chi connectivity index (χ1) is 3.15. The van der Waals surface area contributed by atoms with Gasteiger partial charge in [0.05, 0.1) is 0 Å². The smallest absolute Gasteiger partial charge is 1.00 e. The summed E-state index contributed by atoms with van der Waals surface area (Å²) < 4.78 is 0. The number of rotatable bonds is 0. The molecular weight excluding hydrogens is 163 g/mol. The van der Waals surface area contributed by atoms with Crippen molar-refractivity contribution in [1.82, 2.24) is 0 Å². The third-order valence-corrected chi connectivity index (χ3v) is 0. The van der Waals surface area contributed by atoms with E-state index in [1.54, 1.807) is 0 Å². The summed E-state index contributed by atoms with van der Waals surface area (Å²) in [5.41, 5.74) is 0. The molecule has 0 aliphatic carbocycles. The van der Waals surface area contributed by atoms with Gasteiger partial charge in [-0.3, -0.25) is 9.59 Å². The molecule has 9 heavy (non-hydrogen) atoms. The van der Waals surface area contributed by atoms with E-state index < -0.39 is 5.97 Å². The molecule has 0 amide bonds. The normalized spacial score (nSPS) is 4.11. The van der Waals surface area contributed by atoms with E-state index >= 15 is 0 Å². The number of hydrogen-bond donors (Lipinski definition) is 2. The molecule has 0 atom stereocenters. The van der Waals surface area contributed by atoms with Crippen LogP contribution in [0.25, 0.3) is 0 Å². The molecule has 0 aliphatic heterocycles. The van der Waals surface area contributed by atoms with Crippen LogP contribution in [0, 0.1) is 0 Å². The van der Waals surface area contributed by atoms with Crippen LogP contribution in [-0.4, -0.2) is 60.4 Å². The van der Waals surface area contributed by atoms with Gasteiger partial charge in [-0.2, -0.15) is 0 Å². The van der Waals surface area contributed by atoms with Crippen molar-refractivity contribution in [1.29, 1.82) is 0 Å². The maximum Gasteiger partial charge on any atom is 2.00 e. The number of aliphatic carboxylic acids is 1. The minimum absolute atomic E-state index is 0. The molecule has 0 bridgehead atoms. The van der Waals surface area contributed by atoms with Gasteiger partial charge in [-0.25, -0.2) is 0 Å². The van der Waals surface area contributed by atoms with E-state index in [0.717, 1.165) is 6.92 Å². The predicted octanol–water partition coefficient (Wildman–Crippen LogP) is -3.25. The third kappa shape index (κ3) is 331. The van der Waals surface area contributed by atoms with Crippen molar-refractivity contribution in [3.63, 3.8) is 0 Å². The van der Waals surface area contributed by atoms with Crippen LogP contribution in [-0.2, 0) is 9.59 Å². The maximum atomic E-state index is 9.00. The summed E-state index contributed by atoms with van der Waals surface area (Å²) in [4.78, 5) is 17.4. The van der Waals surface area contributed by atoms with Crippen molar-refractivity contribution >= 4 is 50.2 Å². The first kappa shape index (κ1) is 22.5. The molecule has 0 heterocycles. The summed E-state index contributed by atoms with van der Waals surface area (Å²) in [5, 5.41) is 14.3. The second kappa shape index (κ2) is 22.9. The maximum absolute atomic E-state index is 9.00. The third-order valence-electron chi connectivity index (χ3n) is 0. The van der Waals surface area contributed by atoms with Crippen LogP contribution in [0.15, 0.2) is 0 Å². The summed E-state index contributed by atoms with van der Waals surface area (Å²) >= 11 is 0. The van der Waals surface area contributed by atoms with Gasteiger partial charge in [-0.1, -0.05) is 0 Å². The van der Waals surface area contributed by atoms with E-state index in [1.807, 2.05) is 0 Å². The van der Waals surface area contributed by atoms with Crippen LogP contribution < -0.4 is 29.6 Å². The van der Waals surface area contributed by atoms with E-state index in [1.165, 1.54) is 0 Å². The summed E-state index contributed by atoms with van der Waals surface area (Å²) in [6.45, 7) is 0.833. The van der Waals surface area contributed by atoms with Gasteiger partial charge < -0.3 is 14.5 Å². The average Bonchev–Trinajstić information content (AvgIpc) is 1.33. The Labute approximate surface area is 109 Å². The molecule has 0 rings (SSSR count). The Morgan fingerprint density at radius 3 is 1.67 bits per heavy atom. The van der Waals surface area contributed by atoms with Gasteiger partial charge in [0.15, 0.2) is 0 Å². The summed E-state index contributed by atoms with van der Waals surface area (Å²) in [5.74, 6) is -0.833. The number of carboxylic acid groups (broad SMARTS) is 2. The molecule has 0 saturated heterocycles. The van der Waals surface area contributed by atoms with Gasteiger partial charge in [0, 0.05) is 6.92 Å². The number of carbonyl (C=O) groups is 2. The molecule has 0 aromatic carbocycles. The first-order valence-corrected chi connectivity index (χ1v) is 1.42. The Kier molecular flexibility index (Phi) is 57.1. The van der Waals surface area contributed by atoms with Crippen LogP contribution in [0.3, 0.4) is 0 Å². The Morgan fingerprint density at radius 1 is 1.67 bits per heavy atom. The number of hydrogen-bond acceptors (Lipinski definition) is 2. The van der Waals surface area contributed by atoms with E-state index in [2.05, 4.69) is 0 Å². The fraction of sp³-hybridized carbons (Fsp3) is 0.333. The zero-order valence-corrected chi connectivity index (χ0v) is 9.70. The van der Waals surface area contributed by atoms with Crippen molar-refractivity contribution in [3.8, 4) is 0 Å². The van der Waals surface area contributed by atoms with Crippen molar-refractivity contribution in [2.75, 3.05) is 0 Å². The number of carboxylic acids is 1. The van der Waals surface area contributed by atoms with Gasteiger partial charge in [0.2, 0.25) is 0 Å². The minimum Gasteiger partial charge on any atom is -1.00 e. The minimum atomic E-state index is -0.833. The van der Waals surface area contributed by atoms with Crippen LogP contribution in [0.4, 0.5) is 0 Å². The Balaban J connectivity index is -0.00000000597.